The highest BCUT2D eigenvalue weighted by Gasteiger charge is 2.25. The molecule has 0 unspecified atom stereocenters. The van der Waals surface area contributed by atoms with Crippen LogP contribution in [0.5, 0.6) is 0 Å². The minimum Gasteiger partial charge on any atom is -0.354 e. The van der Waals surface area contributed by atoms with Gasteiger partial charge in [-0.25, -0.2) is 8.42 Å². The van der Waals surface area contributed by atoms with Gasteiger partial charge in [0.2, 0.25) is 15.9 Å². The van der Waals surface area contributed by atoms with Crippen molar-refractivity contribution in [2.24, 2.45) is 5.92 Å². The topological polar surface area (TPSA) is 66.5 Å². The number of sulfonamides is 1. The van der Waals surface area contributed by atoms with Crippen LogP contribution in [0, 0.1) is 19.8 Å². The number of carbonyl (C=O) groups is 1. The average molecular weight is 324 g/mol. The number of nitrogens with zero attached hydrogens (tertiary/aromatic N) is 1. The van der Waals surface area contributed by atoms with Gasteiger partial charge in [0.05, 0.1) is 18.5 Å². The fraction of sp³-hybridized carbons (Fsp3) is 0.562. The summed E-state index contributed by atoms with van der Waals surface area (Å²) in [5.41, 5.74) is 2.68. The predicted octanol–water partition coefficient (Wildman–Crippen LogP) is 1.99. The molecule has 1 fully saturated rings. The molecule has 0 aliphatic heterocycles. The maximum absolute atomic E-state index is 12.0. The molecule has 1 N–H and O–H groups in total. The van der Waals surface area contributed by atoms with Crippen LogP contribution in [0.25, 0.3) is 0 Å². The lowest BCUT2D eigenvalue weighted by Crippen LogP contribution is -2.41. The summed E-state index contributed by atoms with van der Waals surface area (Å²) in [6, 6.07) is 5.70. The highest BCUT2D eigenvalue weighted by Crippen LogP contribution is 2.26. The van der Waals surface area contributed by atoms with E-state index in [1.54, 1.807) is 0 Å². The zero-order chi connectivity index (χ0) is 16.3. The molecule has 1 aromatic rings. The Hall–Kier alpha value is -1.56. The van der Waals surface area contributed by atoms with E-state index in [4.69, 9.17) is 0 Å². The van der Waals surface area contributed by atoms with E-state index in [-0.39, 0.29) is 18.4 Å². The molecule has 1 aliphatic rings. The van der Waals surface area contributed by atoms with Crippen molar-refractivity contribution in [2.45, 2.75) is 33.1 Å². The number of carbonyl (C=O) groups excluding carboxylic acids is 1. The SMILES string of the molecule is Cc1cc(C)cc(N(CCNC(=O)C2CCC2)S(C)(=O)=O)c1. The summed E-state index contributed by atoms with van der Waals surface area (Å²) in [5, 5.41) is 2.84. The molecule has 22 heavy (non-hydrogen) atoms. The lowest BCUT2D eigenvalue weighted by molar-refractivity contribution is -0.127. The first-order valence-electron chi connectivity index (χ1n) is 7.61. The van der Waals surface area contributed by atoms with Crippen LogP contribution in [0.15, 0.2) is 18.2 Å². The summed E-state index contributed by atoms with van der Waals surface area (Å²) in [6.45, 7) is 4.46. The van der Waals surface area contributed by atoms with Gasteiger partial charge in [-0.2, -0.15) is 0 Å². The molecule has 0 spiro atoms. The van der Waals surface area contributed by atoms with Crippen molar-refractivity contribution >= 4 is 21.6 Å². The number of benzene rings is 1. The third-order valence-corrected chi connectivity index (χ3v) is 5.18. The van der Waals surface area contributed by atoms with Gasteiger partial charge >= 0.3 is 0 Å². The monoisotopic (exact) mass is 324 g/mol. The first kappa shape index (κ1) is 16.8. The lowest BCUT2D eigenvalue weighted by Gasteiger charge is -2.26. The fourth-order valence-electron chi connectivity index (χ4n) is 2.68. The molecule has 1 amide bonds. The second kappa shape index (κ2) is 6.69. The fourth-order valence-corrected chi connectivity index (χ4v) is 3.59. The van der Waals surface area contributed by atoms with Gasteiger partial charge in [0.25, 0.3) is 0 Å². The Kier molecular flexibility index (Phi) is 5.11. The summed E-state index contributed by atoms with van der Waals surface area (Å²) < 4.78 is 25.4. The van der Waals surface area contributed by atoms with E-state index < -0.39 is 10.0 Å². The molecule has 1 aromatic carbocycles. The first-order chi connectivity index (χ1) is 10.3. The van der Waals surface area contributed by atoms with Gasteiger partial charge in [-0.3, -0.25) is 9.10 Å². The summed E-state index contributed by atoms with van der Waals surface area (Å²) in [4.78, 5) is 11.8. The molecule has 5 nitrogen and oxygen atoms in total. The molecule has 0 aromatic heterocycles. The molecule has 6 heteroatoms. The summed E-state index contributed by atoms with van der Waals surface area (Å²) in [6.07, 6.45) is 4.19. The van der Waals surface area contributed by atoms with Gasteiger partial charge in [-0.15, -0.1) is 0 Å². The Morgan fingerprint density at radius 1 is 1.23 bits per heavy atom. The maximum atomic E-state index is 12.0. The summed E-state index contributed by atoms with van der Waals surface area (Å²) in [5.74, 6) is 0.160. The van der Waals surface area contributed by atoms with Gasteiger partial charge < -0.3 is 5.32 Å². The molecule has 0 radical (unpaired) electrons. The molecule has 0 heterocycles. The lowest BCUT2D eigenvalue weighted by atomic mass is 9.85. The van der Waals surface area contributed by atoms with Crippen molar-refractivity contribution in [3.63, 3.8) is 0 Å². The second-order valence-electron chi connectivity index (χ2n) is 6.10. The van der Waals surface area contributed by atoms with Crippen LogP contribution < -0.4 is 9.62 Å². The van der Waals surface area contributed by atoms with Crippen molar-refractivity contribution in [1.29, 1.82) is 0 Å². The van der Waals surface area contributed by atoms with Crippen molar-refractivity contribution in [3.8, 4) is 0 Å². The predicted molar refractivity (Wildman–Crippen MR) is 88.5 cm³/mol. The Labute approximate surface area is 132 Å². The number of aryl methyl sites for hydroxylation is 2. The summed E-state index contributed by atoms with van der Waals surface area (Å²) in [7, 11) is -3.38. The molecule has 0 saturated heterocycles. The molecular weight excluding hydrogens is 300 g/mol. The number of anilines is 1. The van der Waals surface area contributed by atoms with E-state index in [9.17, 15) is 13.2 Å². The van der Waals surface area contributed by atoms with Crippen LogP contribution >= 0.6 is 0 Å². The minimum absolute atomic E-state index is 0.0418. The summed E-state index contributed by atoms with van der Waals surface area (Å²) >= 11 is 0. The van der Waals surface area contributed by atoms with Crippen molar-refractivity contribution in [2.75, 3.05) is 23.7 Å². The number of rotatable bonds is 6. The van der Waals surface area contributed by atoms with Crippen molar-refractivity contribution in [1.82, 2.24) is 5.32 Å². The zero-order valence-corrected chi connectivity index (χ0v) is 14.2. The standard InChI is InChI=1S/C16H24N2O3S/c1-12-9-13(2)11-15(10-12)18(22(3,20)21)8-7-17-16(19)14-5-4-6-14/h9-11,14H,4-8H2,1-3H3,(H,17,19). The Bertz CT molecular complexity index is 631. The van der Waals surface area contributed by atoms with Crippen LogP contribution in [0.1, 0.15) is 30.4 Å². The Morgan fingerprint density at radius 3 is 2.27 bits per heavy atom. The van der Waals surface area contributed by atoms with E-state index in [1.807, 2.05) is 32.0 Å². The van der Waals surface area contributed by atoms with Crippen LogP contribution in [0.2, 0.25) is 0 Å². The highest BCUT2D eigenvalue weighted by molar-refractivity contribution is 7.92. The van der Waals surface area contributed by atoms with Crippen LogP contribution in [0.4, 0.5) is 5.69 Å². The molecule has 2 rings (SSSR count). The molecule has 122 valence electrons. The van der Waals surface area contributed by atoms with E-state index in [2.05, 4.69) is 5.32 Å². The number of hydrogen-bond donors (Lipinski definition) is 1. The third kappa shape index (κ3) is 4.22. The van der Waals surface area contributed by atoms with Crippen molar-refractivity contribution in [3.05, 3.63) is 29.3 Å². The van der Waals surface area contributed by atoms with E-state index >= 15 is 0 Å². The van der Waals surface area contributed by atoms with E-state index in [0.29, 0.717) is 12.2 Å². The largest absolute Gasteiger partial charge is 0.354 e. The first-order valence-corrected chi connectivity index (χ1v) is 9.46. The molecule has 1 saturated carbocycles. The number of amides is 1. The highest BCUT2D eigenvalue weighted by atomic mass is 32.2. The van der Waals surface area contributed by atoms with E-state index in [0.717, 1.165) is 30.4 Å². The Morgan fingerprint density at radius 2 is 1.82 bits per heavy atom. The van der Waals surface area contributed by atoms with Crippen LogP contribution in [-0.2, 0) is 14.8 Å². The Balaban J connectivity index is 2.05. The van der Waals surface area contributed by atoms with Gasteiger partial charge in [0.1, 0.15) is 0 Å². The third-order valence-electron chi connectivity index (χ3n) is 3.98. The van der Waals surface area contributed by atoms with Gasteiger partial charge in [-0.05, 0) is 49.9 Å². The number of hydrogen-bond acceptors (Lipinski definition) is 3. The smallest absolute Gasteiger partial charge is 0.232 e. The van der Waals surface area contributed by atoms with Crippen LogP contribution in [0.3, 0.4) is 0 Å². The second-order valence-corrected chi connectivity index (χ2v) is 8.01. The van der Waals surface area contributed by atoms with Crippen molar-refractivity contribution < 1.29 is 13.2 Å². The molecular formula is C16H24N2O3S. The average Bonchev–Trinajstić information content (AvgIpc) is 2.29. The van der Waals surface area contributed by atoms with Crippen LogP contribution in [-0.4, -0.2) is 33.7 Å². The van der Waals surface area contributed by atoms with Gasteiger partial charge in [-0.1, -0.05) is 12.5 Å². The van der Waals surface area contributed by atoms with E-state index in [1.165, 1.54) is 10.6 Å². The normalized spacial score (nSPS) is 15.2. The molecule has 1 aliphatic carbocycles. The number of nitrogens with one attached hydrogen (secondary N) is 1. The van der Waals surface area contributed by atoms with Gasteiger partial charge in [0.15, 0.2) is 0 Å². The zero-order valence-electron chi connectivity index (χ0n) is 13.4. The molecule has 0 bridgehead atoms. The van der Waals surface area contributed by atoms with Gasteiger partial charge in [0, 0.05) is 12.5 Å². The molecule has 0 atom stereocenters. The quantitative estimate of drug-likeness (QED) is 0.870. The maximum Gasteiger partial charge on any atom is 0.232 e. The minimum atomic E-state index is -3.38.